The van der Waals surface area contributed by atoms with Crippen molar-refractivity contribution in [3.63, 3.8) is 0 Å². The van der Waals surface area contributed by atoms with Gasteiger partial charge in [0.05, 0.1) is 5.56 Å². The van der Waals surface area contributed by atoms with Crippen LogP contribution < -0.4 is 0 Å². The second-order valence-corrected chi connectivity index (χ2v) is 9.02. The third kappa shape index (κ3) is 7.94. The van der Waals surface area contributed by atoms with Crippen molar-refractivity contribution in [2.45, 2.75) is 89.6 Å². The van der Waals surface area contributed by atoms with Crippen molar-refractivity contribution in [2.24, 2.45) is 0 Å². The molecule has 1 fully saturated rings. The maximum Gasteiger partial charge on any atom is 0.139 e. The molecule has 1 aliphatic carbocycles. The summed E-state index contributed by atoms with van der Waals surface area (Å²) in [6.45, 7) is 2.23. The molecule has 0 atom stereocenters. The Kier molecular flexibility index (Phi) is 10.0. The fraction of sp³-hybridized carbons (Fsp3) is 0.467. The number of hydrogen-bond donors (Lipinski definition) is 0. The van der Waals surface area contributed by atoms with Crippen molar-refractivity contribution in [1.29, 1.82) is 0 Å². The van der Waals surface area contributed by atoms with Gasteiger partial charge in [-0.3, -0.25) is 0 Å². The van der Waals surface area contributed by atoms with Gasteiger partial charge in [0.1, 0.15) is 12.0 Å². The van der Waals surface area contributed by atoms with Crippen LogP contribution in [0, 0.1) is 17.7 Å². The van der Waals surface area contributed by atoms with E-state index in [2.05, 4.69) is 37.0 Å². The van der Waals surface area contributed by atoms with Crippen LogP contribution in [0.5, 0.6) is 0 Å². The predicted molar refractivity (Wildman–Crippen MR) is 132 cm³/mol. The number of unbranched alkanes of at least 4 members (excludes halogenated alkanes) is 6. The van der Waals surface area contributed by atoms with Gasteiger partial charge >= 0.3 is 0 Å². The molecule has 0 N–H and O–H groups in total. The fourth-order valence-corrected chi connectivity index (χ4v) is 4.36. The molecule has 0 bridgehead atoms. The molecule has 2 heteroatoms. The van der Waals surface area contributed by atoms with E-state index in [0.29, 0.717) is 24.3 Å². The average molecular weight is 435 g/mol. The minimum Gasteiger partial charge on any atom is -0.247 e. The topological polar surface area (TPSA) is 0 Å². The molecule has 1 aliphatic rings. The number of allylic oxidation sites excluding steroid dienone is 1. The lowest BCUT2D eigenvalue weighted by Gasteiger charge is -2.24. The fourth-order valence-electron chi connectivity index (χ4n) is 4.36. The summed E-state index contributed by atoms with van der Waals surface area (Å²) in [5.41, 5.74) is 3.43. The molecule has 170 valence electrons. The lowest BCUT2D eigenvalue weighted by Crippen LogP contribution is -2.13. The number of rotatable bonds is 9. The first-order valence-electron chi connectivity index (χ1n) is 12.4. The van der Waals surface area contributed by atoms with Crippen molar-refractivity contribution in [3.05, 3.63) is 76.6 Å². The van der Waals surface area contributed by atoms with Gasteiger partial charge in [0.15, 0.2) is 0 Å². The van der Waals surface area contributed by atoms with Gasteiger partial charge in [0.2, 0.25) is 0 Å². The van der Waals surface area contributed by atoms with Crippen LogP contribution in [0.4, 0.5) is 8.78 Å². The van der Waals surface area contributed by atoms with E-state index in [1.807, 2.05) is 24.3 Å². The average Bonchev–Trinajstić information content (AvgIpc) is 2.81. The minimum absolute atomic E-state index is 0.279. The molecule has 0 saturated heterocycles. The van der Waals surface area contributed by atoms with Crippen LogP contribution in [0.15, 0.2) is 48.5 Å². The summed E-state index contributed by atoms with van der Waals surface area (Å²) in [5, 5.41) is 0. The summed E-state index contributed by atoms with van der Waals surface area (Å²) in [5.74, 6) is 6.20. The molecule has 0 aromatic heterocycles. The number of halogens is 2. The number of hydrogen-bond acceptors (Lipinski definition) is 0. The summed E-state index contributed by atoms with van der Waals surface area (Å²) in [4.78, 5) is 0. The van der Waals surface area contributed by atoms with Crippen molar-refractivity contribution in [2.75, 3.05) is 0 Å². The van der Waals surface area contributed by atoms with Crippen LogP contribution in [-0.2, 0) is 0 Å². The van der Waals surface area contributed by atoms with E-state index in [4.69, 9.17) is 0 Å². The Balaban J connectivity index is 1.50. The Morgan fingerprint density at radius 1 is 0.875 bits per heavy atom. The molecular formula is C30H36F2. The summed E-state index contributed by atoms with van der Waals surface area (Å²) in [6, 6.07) is 13.4. The van der Waals surface area contributed by atoms with Gasteiger partial charge in [-0.15, -0.1) is 0 Å². The maximum atomic E-state index is 14.5. The predicted octanol–water partition coefficient (Wildman–Crippen LogP) is 8.99. The van der Waals surface area contributed by atoms with Gasteiger partial charge in [-0.1, -0.05) is 81.2 Å². The highest BCUT2D eigenvalue weighted by molar-refractivity contribution is 5.53. The standard InChI is InChI=1S/C30H36F2/c1-2-3-4-5-6-7-8-9-10-25-14-18-28(30(32)23-25)17-13-24-11-15-26(16-12-24)27-19-21-29(31)22-20-27/h9-12,14-16,18,23,27,29H,2-8,19-22H2,1H3/b10-9+. The third-order valence-electron chi connectivity index (χ3n) is 6.41. The third-order valence-corrected chi connectivity index (χ3v) is 6.41. The van der Waals surface area contributed by atoms with Crippen molar-refractivity contribution < 1.29 is 8.78 Å². The van der Waals surface area contributed by atoms with E-state index in [9.17, 15) is 8.78 Å². The van der Waals surface area contributed by atoms with E-state index >= 15 is 0 Å². The highest BCUT2D eigenvalue weighted by Crippen LogP contribution is 2.34. The highest BCUT2D eigenvalue weighted by Gasteiger charge is 2.21. The van der Waals surface area contributed by atoms with Crippen LogP contribution in [0.25, 0.3) is 6.08 Å². The molecule has 2 aromatic rings. The molecule has 0 spiro atoms. The summed E-state index contributed by atoms with van der Waals surface area (Å²) in [6.07, 6.45) is 15.4. The molecule has 1 saturated carbocycles. The Labute approximate surface area is 193 Å². The zero-order chi connectivity index (χ0) is 22.6. The summed E-state index contributed by atoms with van der Waals surface area (Å²) in [7, 11) is 0. The normalized spacial score (nSPS) is 18.5. The summed E-state index contributed by atoms with van der Waals surface area (Å²) < 4.78 is 27.8. The molecule has 2 aromatic carbocycles. The largest absolute Gasteiger partial charge is 0.247 e. The van der Waals surface area contributed by atoms with E-state index < -0.39 is 6.17 Å². The lowest BCUT2D eigenvalue weighted by atomic mass is 9.83. The minimum atomic E-state index is -0.631. The number of benzene rings is 2. The molecule has 0 amide bonds. The molecular weight excluding hydrogens is 398 g/mol. The van der Waals surface area contributed by atoms with Crippen molar-refractivity contribution in [3.8, 4) is 11.8 Å². The smallest absolute Gasteiger partial charge is 0.139 e. The van der Waals surface area contributed by atoms with Crippen molar-refractivity contribution >= 4 is 6.08 Å². The van der Waals surface area contributed by atoms with Crippen LogP contribution in [0.3, 0.4) is 0 Å². The van der Waals surface area contributed by atoms with Crippen LogP contribution in [0.1, 0.15) is 106 Å². The van der Waals surface area contributed by atoms with Crippen LogP contribution >= 0.6 is 0 Å². The Morgan fingerprint density at radius 2 is 1.59 bits per heavy atom. The van der Waals surface area contributed by atoms with Crippen LogP contribution in [-0.4, -0.2) is 6.17 Å². The molecule has 0 aliphatic heterocycles. The van der Waals surface area contributed by atoms with Gasteiger partial charge in [0.25, 0.3) is 0 Å². The molecule has 0 nitrogen and oxygen atoms in total. The van der Waals surface area contributed by atoms with E-state index in [-0.39, 0.29) is 5.82 Å². The Hall–Kier alpha value is -2.40. The first-order valence-corrected chi connectivity index (χ1v) is 12.4. The Bertz CT molecular complexity index is 906. The highest BCUT2D eigenvalue weighted by atomic mass is 19.1. The van der Waals surface area contributed by atoms with Gasteiger partial charge in [0, 0.05) is 5.56 Å². The molecule has 3 rings (SSSR count). The van der Waals surface area contributed by atoms with Gasteiger partial charge in [-0.25, -0.2) is 8.78 Å². The summed E-state index contributed by atoms with van der Waals surface area (Å²) >= 11 is 0. The zero-order valence-electron chi connectivity index (χ0n) is 19.4. The SMILES string of the molecule is CCCCCCCC/C=C/c1ccc(C#Cc2ccc(C3CCC(F)CC3)cc2)c(F)c1. The molecule has 0 radical (unpaired) electrons. The lowest BCUT2D eigenvalue weighted by molar-refractivity contribution is 0.235. The monoisotopic (exact) mass is 434 g/mol. The van der Waals surface area contributed by atoms with Gasteiger partial charge in [-0.2, -0.15) is 0 Å². The second kappa shape index (κ2) is 13.2. The quantitative estimate of drug-likeness (QED) is 0.273. The number of alkyl halides is 1. The first-order chi connectivity index (χ1) is 15.7. The zero-order valence-corrected chi connectivity index (χ0v) is 19.4. The molecule has 32 heavy (non-hydrogen) atoms. The van der Waals surface area contributed by atoms with Crippen molar-refractivity contribution in [1.82, 2.24) is 0 Å². The molecule has 0 heterocycles. The second-order valence-electron chi connectivity index (χ2n) is 9.02. The maximum absolute atomic E-state index is 14.5. The Morgan fingerprint density at radius 3 is 2.31 bits per heavy atom. The van der Waals surface area contributed by atoms with Gasteiger partial charge in [-0.05, 0) is 79.8 Å². The van der Waals surface area contributed by atoms with Crippen LogP contribution in [0.2, 0.25) is 0 Å². The molecule has 0 unspecified atom stereocenters. The van der Waals surface area contributed by atoms with Gasteiger partial charge < -0.3 is 0 Å². The van der Waals surface area contributed by atoms with E-state index in [0.717, 1.165) is 30.4 Å². The first kappa shape index (κ1) is 24.2. The van der Waals surface area contributed by atoms with E-state index in [1.165, 1.54) is 44.1 Å². The van der Waals surface area contributed by atoms with E-state index in [1.54, 1.807) is 12.1 Å².